The lowest BCUT2D eigenvalue weighted by molar-refractivity contribution is -0.139. The zero-order chi connectivity index (χ0) is 9.14. The van der Waals surface area contributed by atoms with Gasteiger partial charge in [-0.3, -0.25) is 9.59 Å². The minimum Gasteiger partial charge on any atom is -0.481 e. The lowest BCUT2D eigenvalue weighted by atomic mass is 10.5. The number of carboxylic acids is 2. The highest BCUT2D eigenvalue weighted by Crippen LogP contribution is 2.28. The van der Waals surface area contributed by atoms with E-state index in [1.54, 1.807) is 0 Å². The van der Waals surface area contributed by atoms with Gasteiger partial charge in [-0.25, -0.2) is 0 Å². The van der Waals surface area contributed by atoms with Crippen molar-refractivity contribution in [1.82, 2.24) is 0 Å². The fraction of sp³-hybridized carbons (Fsp3) is 0.750. The van der Waals surface area contributed by atoms with Crippen molar-refractivity contribution in [2.75, 3.05) is 0 Å². The maximum absolute atomic E-state index is 9.76. The van der Waals surface area contributed by atoms with Gasteiger partial charge in [0.05, 0.1) is 11.8 Å². The number of hydrogen-bond acceptors (Lipinski definition) is 2. The average Bonchev–Trinajstić information content (AvgIpc) is 2.85. The van der Waals surface area contributed by atoms with Gasteiger partial charge >= 0.3 is 11.9 Å². The Bertz CT molecular complexity index is 169. The summed E-state index contributed by atoms with van der Waals surface area (Å²) >= 11 is 0. The van der Waals surface area contributed by atoms with Gasteiger partial charge in [-0.05, 0) is 25.7 Å². The van der Waals surface area contributed by atoms with E-state index in [4.69, 9.17) is 10.2 Å². The summed E-state index contributed by atoms with van der Waals surface area (Å²) in [7, 11) is 0. The van der Waals surface area contributed by atoms with Crippen LogP contribution >= 0.6 is 0 Å². The van der Waals surface area contributed by atoms with Crippen molar-refractivity contribution >= 4 is 11.9 Å². The Morgan fingerprint density at radius 1 is 0.833 bits per heavy atom. The molecule has 2 saturated carbocycles. The van der Waals surface area contributed by atoms with Crippen molar-refractivity contribution in [2.45, 2.75) is 25.7 Å². The van der Waals surface area contributed by atoms with Crippen LogP contribution in [0, 0.1) is 11.8 Å². The molecule has 0 saturated heterocycles. The molecule has 0 radical (unpaired) electrons. The molecule has 4 nitrogen and oxygen atoms in total. The van der Waals surface area contributed by atoms with Crippen LogP contribution < -0.4 is 0 Å². The van der Waals surface area contributed by atoms with Gasteiger partial charge in [0.15, 0.2) is 0 Å². The molecule has 4 heteroatoms. The molecule has 0 heterocycles. The summed E-state index contributed by atoms with van der Waals surface area (Å²) < 4.78 is 0. The molecule has 0 aromatic heterocycles. The van der Waals surface area contributed by atoms with Crippen LogP contribution in [0.3, 0.4) is 0 Å². The van der Waals surface area contributed by atoms with Crippen LogP contribution in [-0.4, -0.2) is 22.2 Å². The van der Waals surface area contributed by atoms with Crippen LogP contribution in [0.1, 0.15) is 25.7 Å². The normalized spacial score (nSPS) is 20.7. The molecule has 0 aliphatic heterocycles. The number of aliphatic carboxylic acids is 2. The second-order valence-corrected chi connectivity index (χ2v) is 3.23. The van der Waals surface area contributed by atoms with Crippen LogP contribution in [0.2, 0.25) is 0 Å². The Morgan fingerprint density at radius 2 is 1.08 bits per heavy atom. The Balaban J connectivity index is 0.000000120. The molecule has 68 valence electrons. The first-order chi connectivity index (χ1) is 5.61. The van der Waals surface area contributed by atoms with Gasteiger partial charge in [0.2, 0.25) is 0 Å². The van der Waals surface area contributed by atoms with Crippen molar-refractivity contribution in [3.8, 4) is 0 Å². The summed E-state index contributed by atoms with van der Waals surface area (Å²) in [4.78, 5) is 19.5. The number of carbonyl (C=O) groups is 2. The summed E-state index contributed by atoms with van der Waals surface area (Å²) in [5.74, 6) is -1.22. The molecule has 2 N–H and O–H groups in total. The number of carboxylic acid groups (broad SMARTS) is 2. The van der Waals surface area contributed by atoms with Crippen molar-refractivity contribution in [3.63, 3.8) is 0 Å². The smallest absolute Gasteiger partial charge is 0.306 e. The molecule has 0 unspecified atom stereocenters. The van der Waals surface area contributed by atoms with Crippen molar-refractivity contribution in [1.29, 1.82) is 0 Å². The molecular formula is C8H12O4. The topological polar surface area (TPSA) is 74.6 Å². The van der Waals surface area contributed by atoms with Gasteiger partial charge in [0.25, 0.3) is 0 Å². The van der Waals surface area contributed by atoms with E-state index in [2.05, 4.69) is 0 Å². The maximum Gasteiger partial charge on any atom is 0.306 e. The van der Waals surface area contributed by atoms with E-state index in [9.17, 15) is 9.59 Å². The molecular weight excluding hydrogens is 160 g/mol. The second-order valence-electron chi connectivity index (χ2n) is 3.23. The zero-order valence-corrected chi connectivity index (χ0v) is 6.69. The standard InChI is InChI=1S/2C4H6O2/c2*5-4(6)3-1-2-3/h2*3H,1-2H2,(H,5,6). The zero-order valence-electron chi connectivity index (χ0n) is 6.69. The first-order valence-electron chi connectivity index (χ1n) is 4.07. The Morgan fingerprint density at radius 3 is 1.08 bits per heavy atom. The Labute approximate surface area is 70.2 Å². The molecule has 0 spiro atoms. The maximum atomic E-state index is 9.76. The van der Waals surface area contributed by atoms with E-state index in [1.807, 2.05) is 0 Å². The minimum atomic E-state index is -0.630. The molecule has 2 rings (SSSR count). The molecule has 2 aliphatic carbocycles. The molecule has 0 amide bonds. The van der Waals surface area contributed by atoms with E-state index in [-0.39, 0.29) is 11.8 Å². The van der Waals surface area contributed by atoms with Gasteiger partial charge in [0, 0.05) is 0 Å². The highest BCUT2D eigenvalue weighted by atomic mass is 16.4. The van der Waals surface area contributed by atoms with Gasteiger partial charge in [0.1, 0.15) is 0 Å². The Kier molecular flexibility index (Phi) is 2.68. The average molecular weight is 172 g/mol. The molecule has 2 aliphatic rings. The SMILES string of the molecule is O=C(O)C1CC1.O=C(O)C1CC1. The third-order valence-corrected chi connectivity index (χ3v) is 1.85. The van der Waals surface area contributed by atoms with Gasteiger partial charge in [-0.2, -0.15) is 0 Å². The summed E-state index contributed by atoms with van der Waals surface area (Å²) in [6, 6.07) is 0. The molecule has 12 heavy (non-hydrogen) atoms. The highest BCUT2D eigenvalue weighted by Gasteiger charge is 2.29. The molecule has 0 aromatic rings. The second kappa shape index (κ2) is 3.56. The summed E-state index contributed by atoms with van der Waals surface area (Å²) in [5.41, 5.74) is 0. The van der Waals surface area contributed by atoms with Crippen LogP contribution in [0.4, 0.5) is 0 Å². The third-order valence-electron chi connectivity index (χ3n) is 1.85. The quantitative estimate of drug-likeness (QED) is 0.650. The van der Waals surface area contributed by atoms with Crippen LogP contribution in [0.25, 0.3) is 0 Å². The van der Waals surface area contributed by atoms with E-state index in [1.165, 1.54) is 0 Å². The van der Waals surface area contributed by atoms with Gasteiger partial charge in [-0.1, -0.05) is 0 Å². The van der Waals surface area contributed by atoms with Crippen LogP contribution in [0.15, 0.2) is 0 Å². The van der Waals surface area contributed by atoms with E-state index >= 15 is 0 Å². The van der Waals surface area contributed by atoms with E-state index < -0.39 is 11.9 Å². The molecule has 0 bridgehead atoms. The fourth-order valence-corrected chi connectivity index (χ4v) is 0.661. The Hall–Kier alpha value is -1.06. The molecule has 0 atom stereocenters. The van der Waals surface area contributed by atoms with Gasteiger partial charge < -0.3 is 10.2 Å². The van der Waals surface area contributed by atoms with Crippen molar-refractivity contribution in [2.24, 2.45) is 11.8 Å². The van der Waals surface area contributed by atoms with Crippen LogP contribution in [0.5, 0.6) is 0 Å². The van der Waals surface area contributed by atoms with E-state index in [0.29, 0.717) is 0 Å². The fourth-order valence-electron chi connectivity index (χ4n) is 0.661. The van der Waals surface area contributed by atoms with Gasteiger partial charge in [-0.15, -0.1) is 0 Å². The van der Waals surface area contributed by atoms with Crippen LogP contribution in [-0.2, 0) is 9.59 Å². The minimum absolute atomic E-state index is 0.0185. The summed E-state index contributed by atoms with van der Waals surface area (Å²) in [6.07, 6.45) is 3.59. The third kappa shape index (κ3) is 3.37. The van der Waals surface area contributed by atoms with E-state index in [0.717, 1.165) is 25.7 Å². The largest absolute Gasteiger partial charge is 0.481 e. The monoisotopic (exact) mass is 172 g/mol. The first-order valence-corrected chi connectivity index (χ1v) is 4.07. The summed E-state index contributed by atoms with van der Waals surface area (Å²) in [5, 5.41) is 16.1. The predicted molar refractivity (Wildman–Crippen MR) is 40.7 cm³/mol. The lowest BCUT2D eigenvalue weighted by Gasteiger charge is -1.75. The predicted octanol–water partition coefficient (Wildman–Crippen LogP) is 0.962. The summed E-state index contributed by atoms with van der Waals surface area (Å²) in [6.45, 7) is 0. The van der Waals surface area contributed by atoms with Crippen molar-refractivity contribution in [3.05, 3.63) is 0 Å². The molecule has 0 aromatic carbocycles. The first kappa shape index (κ1) is 9.03. The number of rotatable bonds is 2. The lowest BCUT2D eigenvalue weighted by Crippen LogP contribution is -1.94. The van der Waals surface area contributed by atoms with Crippen molar-refractivity contribution < 1.29 is 19.8 Å². The number of hydrogen-bond donors (Lipinski definition) is 2. The molecule has 2 fully saturated rings. The highest BCUT2D eigenvalue weighted by molar-refractivity contribution is 5.72.